The number of hydrogen-bond acceptors (Lipinski definition) is 3. The van der Waals surface area contributed by atoms with E-state index in [1.807, 2.05) is 11.4 Å². The van der Waals surface area contributed by atoms with Gasteiger partial charge in [0.1, 0.15) is 11.4 Å². The van der Waals surface area contributed by atoms with Gasteiger partial charge < -0.3 is 10.1 Å². The Kier molecular flexibility index (Phi) is 5.33. The van der Waals surface area contributed by atoms with Gasteiger partial charge in [-0.15, -0.1) is 11.3 Å². The zero-order valence-corrected chi connectivity index (χ0v) is 15.4. The molecule has 1 aliphatic carbocycles. The van der Waals surface area contributed by atoms with Gasteiger partial charge in [-0.25, -0.2) is 9.18 Å². The van der Waals surface area contributed by atoms with Crippen LogP contribution in [0.2, 0.25) is 0 Å². The Hall–Kier alpha value is -0.880. The number of carbonyl (C=O) groups excluding carboxylic acids is 1. The summed E-state index contributed by atoms with van der Waals surface area (Å²) in [4.78, 5) is 12.9. The van der Waals surface area contributed by atoms with Crippen molar-refractivity contribution in [2.75, 3.05) is 0 Å². The summed E-state index contributed by atoms with van der Waals surface area (Å²) in [6.45, 7) is 5.38. The minimum atomic E-state index is -0.932. The van der Waals surface area contributed by atoms with Crippen LogP contribution >= 0.6 is 27.3 Å². The lowest BCUT2D eigenvalue weighted by atomic mass is 9.95. The molecule has 1 aromatic heterocycles. The number of alkyl carbamates (subject to hydrolysis) is 1. The molecule has 0 atom stereocenters. The molecular formula is C16H21BrFNO2S. The van der Waals surface area contributed by atoms with E-state index in [0.717, 1.165) is 22.2 Å². The van der Waals surface area contributed by atoms with E-state index in [9.17, 15) is 9.18 Å². The van der Waals surface area contributed by atoms with Crippen LogP contribution in [-0.2, 0) is 4.74 Å². The maximum atomic E-state index is 14.8. The number of carbonyl (C=O) groups is 1. The first kappa shape index (κ1) is 17.5. The molecule has 3 nitrogen and oxygen atoms in total. The van der Waals surface area contributed by atoms with E-state index in [1.165, 1.54) is 17.4 Å². The van der Waals surface area contributed by atoms with Crippen LogP contribution in [0.25, 0.3) is 6.08 Å². The van der Waals surface area contributed by atoms with Crippen molar-refractivity contribution in [3.05, 3.63) is 26.6 Å². The van der Waals surface area contributed by atoms with Crippen LogP contribution in [0.15, 0.2) is 21.7 Å². The van der Waals surface area contributed by atoms with Gasteiger partial charge in [-0.3, -0.25) is 0 Å². The molecule has 0 aromatic carbocycles. The lowest BCUT2D eigenvalue weighted by Gasteiger charge is -2.30. The van der Waals surface area contributed by atoms with Crippen LogP contribution in [0, 0.1) is 0 Å². The first-order chi connectivity index (χ1) is 10.2. The van der Waals surface area contributed by atoms with Crippen LogP contribution in [0.3, 0.4) is 0 Å². The summed E-state index contributed by atoms with van der Waals surface area (Å²) in [5.41, 5.74) is -1.53. The summed E-state index contributed by atoms with van der Waals surface area (Å²) in [6.07, 6.45) is 3.93. The first-order valence-corrected chi connectivity index (χ1v) is 9.00. The van der Waals surface area contributed by atoms with Gasteiger partial charge in [0.05, 0.1) is 5.54 Å². The Morgan fingerprint density at radius 1 is 1.45 bits per heavy atom. The molecule has 0 saturated heterocycles. The topological polar surface area (TPSA) is 38.3 Å². The Morgan fingerprint density at radius 3 is 2.59 bits per heavy atom. The van der Waals surface area contributed by atoms with Crippen molar-refractivity contribution in [3.8, 4) is 0 Å². The maximum Gasteiger partial charge on any atom is 0.408 e. The van der Waals surface area contributed by atoms with Crippen molar-refractivity contribution in [2.45, 2.75) is 57.6 Å². The summed E-state index contributed by atoms with van der Waals surface area (Å²) in [7, 11) is 0. The van der Waals surface area contributed by atoms with Crippen molar-refractivity contribution < 1.29 is 13.9 Å². The highest BCUT2D eigenvalue weighted by molar-refractivity contribution is 9.10. The van der Waals surface area contributed by atoms with Crippen molar-refractivity contribution in [1.29, 1.82) is 0 Å². The number of amides is 1. The van der Waals surface area contributed by atoms with Gasteiger partial charge in [-0.2, -0.15) is 0 Å². The van der Waals surface area contributed by atoms with Gasteiger partial charge in [-0.05, 0) is 61.7 Å². The molecule has 0 spiro atoms. The van der Waals surface area contributed by atoms with E-state index >= 15 is 0 Å². The predicted molar refractivity (Wildman–Crippen MR) is 91.7 cm³/mol. The second-order valence-corrected chi connectivity index (χ2v) is 8.43. The summed E-state index contributed by atoms with van der Waals surface area (Å²) in [5.74, 6) is -0.301. The molecule has 1 heterocycles. The summed E-state index contributed by atoms with van der Waals surface area (Å²) >= 11 is 4.82. The number of nitrogens with one attached hydrogen (secondary N) is 1. The second-order valence-electron chi connectivity index (χ2n) is 6.58. The lowest BCUT2D eigenvalue weighted by molar-refractivity contribution is 0.0464. The molecule has 22 heavy (non-hydrogen) atoms. The predicted octanol–water partition coefficient (Wildman–Crippen LogP) is 5.66. The Morgan fingerprint density at radius 2 is 2.09 bits per heavy atom. The number of thiophene rings is 1. The third-order valence-electron chi connectivity index (χ3n) is 3.51. The second kappa shape index (κ2) is 6.71. The molecule has 1 aliphatic rings. The van der Waals surface area contributed by atoms with Gasteiger partial charge >= 0.3 is 6.09 Å². The molecule has 0 bridgehead atoms. The fourth-order valence-corrected chi connectivity index (χ4v) is 3.93. The maximum absolute atomic E-state index is 14.8. The highest BCUT2D eigenvalue weighted by Gasteiger charge is 2.40. The molecule has 1 fully saturated rings. The van der Waals surface area contributed by atoms with Gasteiger partial charge in [-0.1, -0.05) is 12.8 Å². The molecule has 0 unspecified atom stereocenters. The van der Waals surface area contributed by atoms with Crippen LogP contribution in [-0.4, -0.2) is 17.2 Å². The third kappa shape index (κ3) is 4.56. The smallest absolute Gasteiger partial charge is 0.408 e. The van der Waals surface area contributed by atoms with E-state index in [-0.39, 0.29) is 5.83 Å². The number of ether oxygens (including phenoxy) is 1. The van der Waals surface area contributed by atoms with Crippen LogP contribution < -0.4 is 5.32 Å². The van der Waals surface area contributed by atoms with E-state index in [2.05, 4.69) is 21.2 Å². The highest BCUT2D eigenvalue weighted by Crippen LogP contribution is 2.38. The zero-order valence-electron chi connectivity index (χ0n) is 13.0. The standard InChI is InChI=1S/C16H21BrFNO2S/c1-15(2,3)21-14(20)19-16(6-4-5-7-16)13(18)9-12-8-11(17)10-22-12/h8-10H,4-7H2,1-3H3,(H,19,20)/b13-9-. The summed E-state index contributed by atoms with van der Waals surface area (Å²) < 4.78 is 21.0. The fraction of sp³-hybridized carbons (Fsp3) is 0.562. The fourth-order valence-electron chi connectivity index (χ4n) is 2.57. The van der Waals surface area contributed by atoms with Crippen molar-refractivity contribution in [3.63, 3.8) is 0 Å². The molecule has 6 heteroatoms. The molecule has 0 radical (unpaired) electrons. The quantitative estimate of drug-likeness (QED) is 0.723. The number of rotatable bonds is 3. The largest absolute Gasteiger partial charge is 0.444 e. The van der Waals surface area contributed by atoms with E-state index < -0.39 is 17.2 Å². The van der Waals surface area contributed by atoms with Crippen LogP contribution in [0.1, 0.15) is 51.3 Å². The van der Waals surface area contributed by atoms with E-state index in [0.29, 0.717) is 12.8 Å². The number of hydrogen-bond donors (Lipinski definition) is 1. The number of halogens is 2. The van der Waals surface area contributed by atoms with Gasteiger partial charge in [0.25, 0.3) is 0 Å². The van der Waals surface area contributed by atoms with Crippen molar-refractivity contribution in [1.82, 2.24) is 5.32 Å². The van der Waals surface area contributed by atoms with Crippen molar-refractivity contribution in [2.24, 2.45) is 0 Å². The average Bonchev–Trinajstić information content (AvgIpc) is 2.97. The van der Waals surface area contributed by atoms with Crippen LogP contribution in [0.4, 0.5) is 9.18 Å². The molecule has 122 valence electrons. The van der Waals surface area contributed by atoms with Gasteiger partial charge in [0, 0.05) is 14.7 Å². The summed E-state index contributed by atoms with van der Waals surface area (Å²) in [6, 6.07) is 1.86. The Balaban J connectivity index is 2.17. The Labute approximate surface area is 143 Å². The molecule has 0 aliphatic heterocycles. The first-order valence-electron chi connectivity index (χ1n) is 7.33. The SMILES string of the molecule is CC(C)(C)OC(=O)NC1(/C(F)=C/c2cc(Br)cs2)CCCC1. The third-order valence-corrected chi connectivity index (χ3v) is 5.15. The van der Waals surface area contributed by atoms with Gasteiger partial charge in [0.15, 0.2) is 0 Å². The van der Waals surface area contributed by atoms with E-state index in [1.54, 1.807) is 20.8 Å². The minimum Gasteiger partial charge on any atom is -0.444 e. The lowest BCUT2D eigenvalue weighted by Crippen LogP contribution is -2.48. The average molecular weight is 390 g/mol. The molecule has 1 saturated carbocycles. The minimum absolute atomic E-state index is 0.301. The summed E-state index contributed by atoms with van der Waals surface area (Å²) in [5, 5.41) is 4.67. The zero-order chi connectivity index (χ0) is 16.4. The molecule has 2 rings (SSSR count). The molecule has 1 amide bonds. The molecule has 1 N–H and O–H groups in total. The van der Waals surface area contributed by atoms with Crippen LogP contribution in [0.5, 0.6) is 0 Å². The monoisotopic (exact) mass is 389 g/mol. The molecular weight excluding hydrogens is 369 g/mol. The molecule has 1 aromatic rings. The van der Waals surface area contributed by atoms with E-state index in [4.69, 9.17) is 4.74 Å². The normalized spacial score (nSPS) is 18.3. The Bertz CT molecular complexity index is 571. The van der Waals surface area contributed by atoms with Crippen molar-refractivity contribution >= 4 is 39.4 Å². The highest BCUT2D eigenvalue weighted by atomic mass is 79.9. The van der Waals surface area contributed by atoms with Gasteiger partial charge in [0.2, 0.25) is 0 Å².